The molecule has 0 unspecified atom stereocenters. The van der Waals surface area contributed by atoms with Gasteiger partial charge in [0.2, 0.25) is 18.1 Å². The lowest BCUT2D eigenvalue weighted by atomic mass is 9.12. The van der Waals surface area contributed by atoms with E-state index in [1.807, 2.05) is 0 Å². The standard InChI is InChI=1S/C24BF20.C12H6F5N2O/c26-5-1(6(27)14(35)21(42)13(5)34)25(2-7(28)15(36)22(43)16(37)8(2)29,3-9(30)17(38)23(44)18(39)10(3)31)4-11(32)19(40)24(45)20(41)12(4)33;13-8-7(9(14)11(16)12(17)10(8)15)6(20)5-19-3-1-18-2-4-19/h;1-4H,5H2/q-1;+1. The summed E-state index contributed by atoms with van der Waals surface area (Å²) < 4.78 is 361. The van der Waals surface area contributed by atoms with Gasteiger partial charge in [-0.2, -0.15) is 4.57 Å². The maximum absolute atomic E-state index is 15.4. The molecule has 5 aromatic carbocycles. The number of benzene rings is 5. The highest BCUT2D eigenvalue weighted by molar-refractivity contribution is 7.20. The van der Waals surface area contributed by atoms with Crippen molar-refractivity contribution in [3.05, 3.63) is 176 Å². The van der Waals surface area contributed by atoms with Crippen molar-refractivity contribution in [3.8, 4) is 0 Å². The smallest absolute Gasteiger partial charge is 0.233 e. The van der Waals surface area contributed by atoms with Gasteiger partial charge < -0.3 is 0 Å². The van der Waals surface area contributed by atoms with Crippen molar-refractivity contribution in [1.29, 1.82) is 0 Å². The number of carbonyl (C=O) groups excluding carboxylic acids is 1. The zero-order valence-electron chi connectivity index (χ0n) is 29.8. The Balaban J connectivity index is 0.000000330. The molecule has 0 amide bonds. The highest BCUT2D eigenvalue weighted by Crippen LogP contribution is 2.31. The SMILES string of the molecule is Fc1c(F)c(F)c([B-](c2c(F)c(F)c(F)c(F)c2F)(c2c(F)c(F)c(F)c(F)c2F)c2c(F)c(F)c(F)c(F)c2F)c(F)c1F.O=C(C[n+]1ccncc1)c1c(F)c(F)c(F)c(F)c1F. The second-order valence-corrected chi connectivity index (χ2v) is 12.6. The van der Waals surface area contributed by atoms with Crippen molar-refractivity contribution in [2.45, 2.75) is 6.54 Å². The van der Waals surface area contributed by atoms with E-state index in [0.717, 1.165) is 0 Å². The van der Waals surface area contributed by atoms with Crippen LogP contribution >= 0.6 is 0 Å². The Hall–Kier alpha value is -6.84. The first-order valence-electron chi connectivity index (χ1n) is 16.2. The minimum atomic E-state index is -7.22. The maximum atomic E-state index is 15.4. The van der Waals surface area contributed by atoms with Gasteiger partial charge in [0.1, 0.15) is 58.2 Å². The van der Waals surface area contributed by atoms with Crippen molar-refractivity contribution >= 4 is 33.8 Å². The van der Waals surface area contributed by atoms with Crippen LogP contribution in [-0.2, 0) is 6.54 Å². The van der Waals surface area contributed by atoms with Crippen LogP contribution in [0.5, 0.6) is 0 Å². The molecule has 6 rings (SSSR count). The summed E-state index contributed by atoms with van der Waals surface area (Å²) in [6, 6.07) is 0. The molecule has 344 valence electrons. The van der Waals surface area contributed by atoms with Gasteiger partial charge in [0.05, 0.1) is 12.4 Å². The van der Waals surface area contributed by atoms with E-state index in [-0.39, 0.29) is 0 Å². The fourth-order valence-corrected chi connectivity index (χ4v) is 6.42. The molecule has 0 aliphatic rings. The third-order valence-electron chi connectivity index (χ3n) is 9.21. The number of nitrogens with zero attached hydrogens (tertiary/aromatic N) is 2. The molecule has 0 saturated carbocycles. The number of ketones is 1. The molecular formula is C36H6BF25N2O. The van der Waals surface area contributed by atoms with Crippen molar-refractivity contribution in [2.75, 3.05) is 0 Å². The van der Waals surface area contributed by atoms with Crippen LogP contribution in [0, 0.1) is 145 Å². The highest BCUT2D eigenvalue weighted by atomic mass is 19.2. The predicted molar refractivity (Wildman–Crippen MR) is 164 cm³/mol. The van der Waals surface area contributed by atoms with Crippen LogP contribution in [-0.4, -0.2) is 16.9 Å². The number of halogens is 25. The van der Waals surface area contributed by atoms with Crippen molar-refractivity contribution in [1.82, 2.24) is 4.98 Å². The summed E-state index contributed by atoms with van der Waals surface area (Å²) in [5.74, 6) is -83.5. The Morgan fingerprint density at radius 3 is 0.723 bits per heavy atom. The number of hydrogen-bond acceptors (Lipinski definition) is 2. The summed E-state index contributed by atoms with van der Waals surface area (Å²) in [6.45, 7) is -0.582. The minimum absolute atomic E-state index is 0.582. The molecule has 0 N–H and O–H groups in total. The third-order valence-corrected chi connectivity index (χ3v) is 9.21. The number of hydrogen-bond donors (Lipinski definition) is 0. The second-order valence-electron chi connectivity index (χ2n) is 12.6. The van der Waals surface area contributed by atoms with Gasteiger partial charge in [-0.25, -0.2) is 110 Å². The summed E-state index contributed by atoms with van der Waals surface area (Å²) in [7, 11) is 0. The summed E-state index contributed by atoms with van der Waals surface area (Å²) in [4.78, 5) is 15.3. The summed E-state index contributed by atoms with van der Waals surface area (Å²) in [5.41, 5.74) is -15.8. The van der Waals surface area contributed by atoms with Gasteiger partial charge in [-0.1, -0.05) is 0 Å². The number of rotatable bonds is 7. The monoisotopic (exact) mass is 968 g/mol. The maximum Gasteiger partial charge on any atom is 0.233 e. The quantitative estimate of drug-likeness (QED) is 0.0410. The topological polar surface area (TPSA) is 33.8 Å². The normalized spacial score (nSPS) is 11.6. The van der Waals surface area contributed by atoms with Crippen LogP contribution < -0.4 is 26.4 Å². The first-order valence-corrected chi connectivity index (χ1v) is 16.2. The Labute approximate surface area is 340 Å². The highest BCUT2D eigenvalue weighted by Gasteiger charge is 2.52. The van der Waals surface area contributed by atoms with Crippen LogP contribution in [0.1, 0.15) is 10.4 Å². The van der Waals surface area contributed by atoms with Gasteiger partial charge in [-0.05, 0) is 0 Å². The van der Waals surface area contributed by atoms with E-state index in [1.165, 1.54) is 29.4 Å². The lowest BCUT2D eigenvalue weighted by molar-refractivity contribution is -0.683. The summed E-state index contributed by atoms with van der Waals surface area (Å²) in [5, 5.41) is 0. The average Bonchev–Trinajstić information content (AvgIpc) is 3.28. The molecule has 0 fully saturated rings. The van der Waals surface area contributed by atoms with Crippen LogP contribution in [0.3, 0.4) is 0 Å². The fraction of sp³-hybridized carbons (Fsp3) is 0.0278. The first-order chi connectivity index (χ1) is 30.1. The Bertz CT molecular complexity index is 2570. The van der Waals surface area contributed by atoms with Crippen LogP contribution in [0.4, 0.5) is 110 Å². The minimum Gasteiger partial charge on any atom is -0.287 e. The molecule has 0 aliphatic carbocycles. The molecule has 29 heteroatoms. The molecule has 0 aliphatic heterocycles. The predicted octanol–water partition coefficient (Wildman–Crippen LogP) is 7.79. The van der Waals surface area contributed by atoms with Gasteiger partial charge in [0.25, 0.3) is 0 Å². The molecule has 1 aromatic heterocycles. The zero-order chi connectivity index (χ0) is 49.2. The number of carbonyl (C=O) groups is 1. The molecule has 6 aromatic rings. The van der Waals surface area contributed by atoms with Crippen molar-refractivity contribution in [3.63, 3.8) is 0 Å². The van der Waals surface area contributed by atoms with Gasteiger partial charge in [0.15, 0.2) is 105 Å². The van der Waals surface area contributed by atoms with Crippen LogP contribution in [0.15, 0.2) is 24.8 Å². The van der Waals surface area contributed by atoms with Gasteiger partial charge in [-0.3, -0.25) is 9.78 Å². The van der Waals surface area contributed by atoms with Crippen molar-refractivity contribution in [2.24, 2.45) is 0 Å². The molecule has 0 spiro atoms. The van der Waals surface area contributed by atoms with Gasteiger partial charge in [0, 0.05) is 0 Å². The van der Waals surface area contributed by atoms with Gasteiger partial charge >= 0.3 is 0 Å². The van der Waals surface area contributed by atoms with Gasteiger partial charge in [-0.15, -0.1) is 21.9 Å². The first kappa shape index (κ1) is 49.2. The van der Waals surface area contributed by atoms with E-state index in [9.17, 15) is 79.4 Å². The molecule has 0 radical (unpaired) electrons. The summed E-state index contributed by atoms with van der Waals surface area (Å²) >= 11 is 0. The Morgan fingerprint density at radius 2 is 0.508 bits per heavy atom. The molecule has 3 nitrogen and oxygen atoms in total. The largest absolute Gasteiger partial charge is 0.287 e. The molecule has 0 saturated heterocycles. The molecule has 0 bridgehead atoms. The summed E-state index contributed by atoms with van der Waals surface area (Å²) in [6.07, 6.45) is -2.00. The molecule has 1 heterocycles. The third kappa shape index (κ3) is 7.42. The van der Waals surface area contributed by atoms with E-state index >= 15 is 35.1 Å². The molecule has 0 atom stereocenters. The average molecular weight is 968 g/mol. The fourth-order valence-electron chi connectivity index (χ4n) is 6.42. The lowest BCUT2D eigenvalue weighted by Crippen LogP contribution is -2.81. The number of Topliss-reactive ketones (excluding diaryl/α,β-unsaturated/α-hetero) is 1. The number of aromatic nitrogens is 2. The van der Waals surface area contributed by atoms with E-state index in [2.05, 4.69) is 4.98 Å². The molecule has 65 heavy (non-hydrogen) atoms. The van der Waals surface area contributed by atoms with Crippen LogP contribution in [0.2, 0.25) is 0 Å². The second kappa shape index (κ2) is 17.6. The molecular weight excluding hydrogens is 962 g/mol. The van der Waals surface area contributed by atoms with E-state index < -0.39 is 191 Å². The Morgan fingerprint density at radius 1 is 0.323 bits per heavy atom. The zero-order valence-corrected chi connectivity index (χ0v) is 29.8. The lowest BCUT2D eigenvalue weighted by Gasteiger charge is -2.44. The van der Waals surface area contributed by atoms with E-state index in [4.69, 9.17) is 0 Å². The van der Waals surface area contributed by atoms with E-state index in [0.29, 0.717) is 0 Å². The van der Waals surface area contributed by atoms with Crippen molar-refractivity contribution < 1.29 is 119 Å². The van der Waals surface area contributed by atoms with Crippen LogP contribution in [0.25, 0.3) is 0 Å². The Kier molecular flexibility index (Phi) is 13.3. The van der Waals surface area contributed by atoms with E-state index in [1.54, 1.807) is 0 Å².